The second-order valence-corrected chi connectivity index (χ2v) is 3.61. The molecule has 1 unspecified atom stereocenters. The first-order valence-corrected chi connectivity index (χ1v) is 5.31. The van der Waals surface area contributed by atoms with Crippen LogP contribution in [-0.2, 0) is 0 Å². The Morgan fingerprint density at radius 2 is 1.95 bits per heavy atom. The van der Waals surface area contributed by atoms with Crippen molar-refractivity contribution in [3.8, 4) is 0 Å². The van der Waals surface area contributed by atoms with Crippen molar-refractivity contribution in [2.75, 3.05) is 6.61 Å². The van der Waals surface area contributed by atoms with Crippen LogP contribution in [0, 0.1) is 20.2 Å². The monoisotopic (exact) mass is 282 g/mol. The molecule has 106 valence electrons. The third-order valence-corrected chi connectivity index (χ3v) is 2.35. The third-order valence-electron chi connectivity index (χ3n) is 2.35. The number of benzene rings is 1. The molecule has 2 N–H and O–H groups in total. The molecule has 1 atom stereocenters. The molecule has 1 aromatic rings. The smallest absolute Gasteiger partial charge is 0.356 e. The molecule has 0 aliphatic carbocycles. The quantitative estimate of drug-likeness (QED) is 0.336. The number of hydrogen-bond donors (Lipinski definition) is 2. The van der Waals surface area contributed by atoms with Crippen LogP contribution in [-0.4, -0.2) is 38.6 Å². The summed E-state index contributed by atoms with van der Waals surface area (Å²) in [5.41, 5.74) is -2.38. The maximum atomic E-state index is 11.8. The molecule has 0 aliphatic heterocycles. The fraction of sp³-hybridized carbons (Fsp3) is 0.182. The number of rotatable bonds is 6. The Morgan fingerprint density at radius 3 is 2.45 bits per heavy atom. The van der Waals surface area contributed by atoms with Gasteiger partial charge in [0, 0.05) is 6.07 Å². The molecule has 0 heterocycles. The minimum atomic E-state index is -1.73. The van der Waals surface area contributed by atoms with Gasteiger partial charge in [0.1, 0.15) is 11.7 Å². The number of para-hydroxylation sites is 1. The van der Waals surface area contributed by atoms with E-state index in [0.29, 0.717) is 0 Å². The standard InChI is InChI=1S/C11H10N2O7/c14-6-2-5-9(15)11(16)7-3-1-4-8(12(17)18)10(7)13(19)20/h1-5,9,14-15H,6H2/b5-2+. The zero-order valence-corrected chi connectivity index (χ0v) is 10.0. The van der Waals surface area contributed by atoms with Crippen molar-refractivity contribution in [1.82, 2.24) is 0 Å². The van der Waals surface area contributed by atoms with Gasteiger partial charge in [-0.25, -0.2) is 0 Å². The van der Waals surface area contributed by atoms with Crippen molar-refractivity contribution in [1.29, 1.82) is 0 Å². The summed E-state index contributed by atoms with van der Waals surface area (Å²) in [7, 11) is 0. The number of carbonyl (C=O) groups excluding carboxylic acids is 1. The van der Waals surface area contributed by atoms with Crippen molar-refractivity contribution in [3.05, 3.63) is 56.1 Å². The topological polar surface area (TPSA) is 144 Å². The number of carbonyl (C=O) groups is 1. The van der Waals surface area contributed by atoms with Gasteiger partial charge in [0.25, 0.3) is 0 Å². The van der Waals surface area contributed by atoms with Crippen molar-refractivity contribution in [2.24, 2.45) is 0 Å². The van der Waals surface area contributed by atoms with Crippen LogP contribution in [0.1, 0.15) is 10.4 Å². The minimum Gasteiger partial charge on any atom is -0.392 e. The highest BCUT2D eigenvalue weighted by atomic mass is 16.6. The van der Waals surface area contributed by atoms with Gasteiger partial charge in [-0.3, -0.25) is 25.0 Å². The molecule has 1 aromatic carbocycles. The van der Waals surface area contributed by atoms with Gasteiger partial charge < -0.3 is 10.2 Å². The molecular formula is C11H10N2O7. The first-order valence-electron chi connectivity index (χ1n) is 5.31. The second-order valence-electron chi connectivity index (χ2n) is 3.61. The largest absolute Gasteiger partial charge is 0.392 e. The number of nitrogens with zero attached hydrogens (tertiary/aromatic N) is 2. The normalized spacial score (nSPS) is 12.3. The molecule has 0 aromatic heterocycles. The summed E-state index contributed by atoms with van der Waals surface area (Å²) in [6.07, 6.45) is 0.277. The van der Waals surface area contributed by atoms with E-state index in [1.165, 1.54) is 0 Å². The SMILES string of the molecule is O=C(c1cccc([N+](=O)[O-])c1[N+](=O)[O-])C(O)/C=C/CO. The van der Waals surface area contributed by atoms with E-state index in [1.54, 1.807) is 0 Å². The first kappa shape index (κ1) is 15.4. The van der Waals surface area contributed by atoms with Gasteiger partial charge in [-0.1, -0.05) is 18.2 Å². The summed E-state index contributed by atoms with van der Waals surface area (Å²) in [5, 5.41) is 39.6. The van der Waals surface area contributed by atoms with Crippen molar-refractivity contribution < 1.29 is 24.9 Å². The molecule has 0 saturated heterocycles. The van der Waals surface area contributed by atoms with Crippen LogP contribution >= 0.6 is 0 Å². The minimum absolute atomic E-state index is 0.429. The number of aliphatic hydroxyl groups is 2. The molecule has 0 spiro atoms. The number of ketones is 1. The van der Waals surface area contributed by atoms with E-state index >= 15 is 0 Å². The highest BCUT2D eigenvalue weighted by Gasteiger charge is 2.32. The van der Waals surface area contributed by atoms with Gasteiger partial charge in [-0.05, 0) is 6.07 Å². The molecular weight excluding hydrogens is 272 g/mol. The summed E-state index contributed by atoms with van der Waals surface area (Å²) in [6, 6.07) is 3.02. The van der Waals surface area contributed by atoms with E-state index in [9.17, 15) is 30.1 Å². The van der Waals surface area contributed by atoms with Crippen LogP contribution in [0.25, 0.3) is 0 Å². The van der Waals surface area contributed by atoms with Crippen molar-refractivity contribution in [3.63, 3.8) is 0 Å². The van der Waals surface area contributed by atoms with Gasteiger partial charge in [0.2, 0.25) is 5.78 Å². The van der Waals surface area contributed by atoms with Crippen LogP contribution < -0.4 is 0 Å². The lowest BCUT2D eigenvalue weighted by atomic mass is 10.0. The Bertz CT molecular complexity index is 582. The van der Waals surface area contributed by atoms with Crippen LogP contribution in [0.15, 0.2) is 30.4 Å². The Kier molecular flexibility index (Phi) is 5.01. The summed E-state index contributed by atoms with van der Waals surface area (Å²) in [4.78, 5) is 31.4. The van der Waals surface area contributed by atoms with Gasteiger partial charge >= 0.3 is 11.4 Å². The number of aliphatic hydroxyl groups excluding tert-OH is 2. The molecule has 0 fully saturated rings. The maximum absolute atomic E-state index is 11.8. The number of hydrogen-bond acceptors (Lipinski definition) is 7. The molecule has 9 heteroatoms. The average molecular weight is 282 g/mol. The molecule has 9 nitrogen and oxygen atoms in total. The predicted octanol–water partition coefficient (Wildman–Crippen LogP) is 0.595. The van der Waals surface area contributed by atoms with Crippen LogP contribution in [0.3, 0.4) is 0 Å². The maximum Gasteiger partial charge on any atom is 0.356 e. The lowest BCUT2D eigenvalue weighted by molar-refractivity contribution is -0.422. The number of Topliss-reactive ketones (excluding diaryl/α,β-unsaturated/α-hetero) is 1. The van der Waals surface area contributed by atoms with E-state index in [1.807, 2.05) is 0 Å². The van der Waals surface area contributed by atoms with E-state index in [2.05, 4.69) is 0 Å². The Balaban J connectivity index is 3.34. The van der Waals surface area contributed by atoms with Gasteiger partial charge in [-0.15, -0.1) is 0 Å². The number of nitro benzene ring substituents is 2. The Hall–Kier alpha value is -2.65. The van der Waals surface area contributed by atoms with E-state index in [-0.39, 0.29) is 0 Å². The lowest BCUT2D eigenvalue weighted by Crippen LogP contribution is -2.19. The zero-order chi connectivity index (χ0) is 15.3. The number of nitro groups is 2. The fourth-order valence-corrected chi connectivity index (χ4v) is 1.51. The van der Waals surface area contributed by atoms with E-state index in [0.717, 1.165) is 30.4 Å². The highest BCUT2D eigenvalue weighted by Crippen LogP contribution is 2.31. The third kappa shape index (κ3) is 3.22. The fourth-order valence-electron chi connectivity index (χ4n) is 1.51. The van der Waals surface area contributed by atoms with Crippen LogP contribution in [0.5, 0.6) is 0 Å². The molecule has 0 bridgehead atoms. The summed E-state index contributed by atoms with van der Waals surface area (Å²) in [6.45, 7) is -0.429. The highest BCUT2D eigenvalue weighted by molar-refractivity contribution is 6.04. The molecule has 0 amide bonds. The van der Waals surface area contributed by atoms with Gasteiger partial charge in [0.15, 0.2) is 0 Å². The van der Waals surface area contributed by atoms with Crippen molar-refractivity contribution >= 4 is 17.2 Å². The molecule has 1 rings (SSSR count). The molecule has 0 saturated carbocycles. The van der Waals surface area contributed by atoms with Crippen molar-refractivity contribution in [2.45, 2.75) is 6.10 Å². The predicted molar refractivity (Wildman–Crippen MR) is 66.3 cm³/mol. The average Bonchev–Trinajstić information content (AvgIpc) is 2.42. The molecule has 0 radical (unpaired) electrons. The molecule has 0 aliphatic rings. The lowest BCUT2D eigenvalue weighted by Gasteiger charge is -2.05. The zero-order valence-electron chi connectivity index (χ0n) is 10.0. The van der Waals surface area contributed by atoms with E-state index in [4.69, 9.17) is 5.11 Å². The van der Waals surface area contributed by atoms with Gasteiger partial charge in [-0.2, -0.15) is 0 Å². The second kappa shape index (κ2) is 6.50. The molecule has 20 heavy (non-hydrogen) atoms. The van der Waals surface area contributed by atoms with Gasteiger partial charge in [0.05, 0.1) is 16.5 Å². The summed E-state index contributed by atoms with van der Waals surface area (Å²) < 4.78 is 0. The Labute approximate surface area is 112 Å². The van der Waals surface area contributed by atoms with E-state index < -0.39 is 45.3 Å². The Morgan fingerprint density at radius 1 is 1.30 bits per heavy atom. The summed E-state index contributed by atoms with van der Waals surface area (Å²) in [5.74, 6) is -1.06. The van der Waals surface area contributed by atoms with Crippen LogP contribution in [0.2, 0.25) is 0 Å². The summed E-state index contributed by atoms with van der Waals surface area (Å²) >= 11 is 0. The first-order chi connectivity index (χ1) is 9.40. The van der Waals surface area contributed by atoms with Crippen LogP contribution in [0.4, 0.5) is 11.4 Å².